The van der Waals surface area contributed by atoms with E-state index in [4.69, 9.17) is 9.47 Å². The zero-order valence-electron chi connectivity index (χ0n) is 9.18. The molecule has 1 aromatic carbocycles. The van der Waals surface area contributed by atoms with Gasteiger partial charge in [-0.15, -0.1) is 0 Å². The number of fused-ring (bicyclic) bond motifs is 7. The number of carbonyl (C=O) groups excluding carboxylic acids is 2. The molecule has 0 aromatic heterocycles. The van der Waals surface area contributed by atoms with Crippen molar-refractivity contribution in [3.8, 4) is 0 Å². The van der Waals surface area contributed by atoms with Gasteiger partial charge in [0.25, 0.3) is 0 Å². The third kappa shape index (κ3) is 3.57. The molecule has 3 aliphatic rings. The minimum absolute atomic E-state index is 0.100. The van der Waals surface area contributed by atoms with Crippen LogP contribution in [0.1, 0.15) is 20.7 Å². The molecule has 0 spiro atoms. The van der Waals surface area contributed by atoms with Crippen LogP contribution >= 0.6 is 0 Å². The van der Waals surface area contributed by atoms with E-state index in [1.54, 1.807) is 24.3 Å². The Bertz CT molecular complexity index is 368. The summed E-state index contributed by atoms with van der Waals surface area (Å²) in [6.45, 7) is 2.20. The predicted molar refractivity (Wildman–Crippen MR) is 57.8 cm³/mol. The van der Waals surface area contributed by atoms with Gasteiger partial charge in [-0.3, -0.25) is 0 Å². The molecule has 0 radical (unpaired) electrons. The van der Waals surface area contributed by atoms with Crippen molar-refractivity contribution in [3.63, 3.8) is 0 Å². The number of carbonyl (C=O) groups is 2. The van der Waals surface area contributed by atoms with Gasteiger partial charge >= 0.3 is 11.9 Å². The maximum absolute atomic E-state index is 11.3. The normalized spacial score (nSPS) is 17.4. The van der Waals surface area contributed by atoms with E-state index in [2.05, 4.69) is 4.74 Å². The van der Waals surface area contributed by atoms with Crippen molar-refractivity contribution >= 4 is 11.9 Å². The Hall–Kier alpha value is -1.88. The number of hydrogen-bond acceptors (Lipinski definition) is 5. The predicted octanol–water partition coefficient (Wildman–Crippen LogP) is 1.03. The SMILES string of the molecule is C1CO1.O=C1OCCOC(=O)c2ccc1cc2. The first-order valence-corrected chi connectivity index (χ1v) is 5.29. The van der Waals surface area contributed by atoms with Crippen LogP contribution in [-0.4, -0.2) is 38.4 Å². The van der Waals surface area contributed by atoms with E-state index in [1.165, 1.54) is 0 Å². The molecule has 5 nitrogen and oxygen atoms in total. The smallest absolute Gasteiger partial charge is 0.338 e. The lowest BCUT2D eigenvalue weighted by molar-refractivity contribution is 0.0260. The summed E-state index contributed by atoms with van der Waals surface area (Å²) in [6, 6.07) is 6.18. The Morgan fingerprint density at radius 2 is 1.06 bits per heavy atom. The molecule has 1 aromatic rings. The lowest BCUT2D eigenvalue weighted by Crippen LogP contribution is -2.16. The summed E-state index contributed by atoms with van der Waals surface area (Å²) in [5.41, 5.74) is 0.895. The Balaban J connectivity index is 0.000000313. The van der Waals surface area contributed by atoms with Crippen molar-refractivity contribution in [2.24, 2.45) is 0 Å². The molecule has 4 rings (SSSR count). The highest BCUT2D eigenvalue weighted by atomic mass is 16.6. The number of benzene rings is 1. The van der Waals surface area contributed by atoms with Gasteiger partial charge in [0.15, 0.2) is 0 Å². The summed E-state index contributed by atoms with van der Waals surface area (Å²) in [4.78, 5) is 22.5. The van der Waals surface area contributed by atoms with Gasteiger partial charge in [-0.05, 0) is 24.3 Å². The van der Waals surface area contributed by atoms with Crippen LogP contribution in [0.25, 0.3) is 0 Å². The molecule has 0 aliphatic carbocycles. The van der Waals surface area contributed by atoms with E-state index in [1.807, 2.05) is 0 Å². The molecule has 0 saturated carbocycles. The fourth-order valence-electron chi connectivity index (χ4n) is 1.18. The second-order valence-electron chi connectivity index (χ2n) is 3.46. The highest BCUT2D eigenvalue weighted by Crippen LogP contribution is 2.09. The fraction of sp³-hybridized carbons (Fsp3) is 0.333. The van der Waals surface area contributed by atoms with Crippen LogP contribution < -0.4 is 0 Å². The van der Waals surface area contributed by atoms with Crippen LogP contribution in [0.3, 0.4) is 0 Å². The molecule has 0 amide bonds. The standard InChI is InChI=1S/C10H8O4.C2H4O/c11-9-7-1-2-8(4-3-7)10(12)14-6-5-13-9;1-2-3-1/h1-4H,5-6H2;1-2H2. The largest absolute Gasteiger partial charge is 0.458 e. The average molecular weight is 236 g/mol. The van der Waals surface area contributed by atoms with E-state index < -0.39 is 11.9 Å². The summed E-state index contributed by atoms with van der Waals surface area (Å²) < 4.78 is 14.2. The Morgan fingerprint density at radius 3 is 1.35 bits per heavy atom. The summed E-state index contributed by atoms with van der Waals surface area (Å²) in [6.07, 6.45) is 0. The van der Waals surface area contributed by atoms with Crippen molar-refractivity contribution in [2.45, 2.75) is 0 Å². The highest BCUT2D eigenvalue weighted by molar-refractivity contribution is 5.93. The molecule has 17 heavy (non-hydrogen) atoms. The van der Waals surface area contributed by atoms with E-state index in [0.717, 1.165) is 13.2 Å². The lowest BCUT2D eigenvalue weighted by atomic mass is 10.1. The maximum Gasteiger partial charge on any atom is 0.338 e. The lowest BCUT2D eigenvalue weighted by Gasteiger charge is -2.09. The number of rotatable bonds is 0. The average Bonchev–Trinajstić information content (AvgIpc) is 3.22. The van der Waals surface area contributed by atoms with E-state index in [9.17, 15) is 9.59 Å². The number of epoxide rings is 1. The van der Waals surface area contributed by atoms with Gasteiger partial charge in [0.1, 0.15) is 13.2 Å². The summed E-state index contributed by atoms with van der Waals surface area (Å²) in [5, 5.41) is 0. The van der Waals surface area contributed by atoms with Gasteiger partial charge in [-0.1, -0.05) is 0 Å². The Kier molecular flexibility index (Phi) is 3.72. The second kappa shape index (κ2) is 5.45. The molecule has 90 valence electrons. The molecule has 3 heterocycles. The van der Waals surface area contributed by atoms with Crippen molar-refractivity contribution in [1.29, 1.82) is 0 Å². The summed E-state index contributed by atoms with van der Waals surface area (Å²) in [7, 11) is 0. The number of esters is 2. The van der Waals surface area contributed by atoms with Gasteiger partial charge in [0.05, 0.1) is 24.3 Å². The third-order valence-corrected chi connectivity index (χ3v) is 2.11. The van der Waals surface area contributed by atoms with E-state index >= 15 is 0 Å². The second-order valence-corrected chi connectivity index (χ2v) is 3.46. The van der Waals surface area contributed by atoms with Crippen LogP contribution in [0.15, 0.2) is 24.3 Å². The molecule has 2 bridgehead atoms. The van der Waals surface area contributed by atoms with Gasteiger partial charge in [-0.25, -0.2) is 9.59 Å². The number of ether oxygens (including phenoxy) is 3. The van der Waals surface area contributed by atoms with Gasteiger partial charge in [0.2, 0.25) is 0 Å². The zero-order valence-corrected chi connectivity index (χ0v) is 9.18. The Morgan fingerprint density at radius 1 is 0.706 bits per heavy atom. The van der Waals surface area contributed by atoms with Gasteiger partial charge in [-0.2, -0.15) is 0 Å². The maximum atomic E-state index is 11.3. The molecule has 5 heteroatoms. The molecule has 3 aliphatic heterocycles. The minimum Gasteiger partial charge on any atom is -0.458 e. The zero-order chi connectivity index (χ0) is 12.1. The monoisotopic (exact) mass is 236 g/mol. The van der Waals surface area contributed by atoms with Gasteiger partial charge < -0.3 is 14.2 Å². The first kappa shape index (κ1) is 11.6. The first-order valence-electron chi connectivity index (χ1n) is 5.29. The molecular formula is C12H12O5. The minimum atomic E-state index is -0.394. The van der Waals surface area contributed by atoms with Crippen molar-refractivity contribution in [1.82, 2.24) is 0 Å². The topological polar surface area (TPSA) is 65.1 Å². The molecular weight excluding hydrogens is 224 g/mol. The summed E-state index contributed by atoms with van der Waals surface area (Å²) in [5.74, 6) is -0.788. The van der Waals surface area contributed by atoms with Gasteiger partial charge in [0, 0.05) is 0 Å². The van der Waals surface area contributed by atoms with E-state index in [-0.39, 0.29) is 13.2 Å². The number of hydrogen-bond donors (Lipinski definition) is 0. The first-order chi connectivity index (χ1) is 8.27. The van der Waals surface area contributed by atoms with Crippen LogP contribution in [0.2, 0.25) is 0 Å². The van der Waals surface area contributed by atoms with Crippen molar-refractivity contribution in [2.75, 3.05) is 26.4 Å². The van der Waals surface area contributed by atoms with Crippen LogP contribution in [0, 0.1) is 0 Å². The molecule has 1 fully saturated rings. The molecule has 0 unspecified atom stereocenters. The van der Waals surface area contributed by atoms with E-state index in [0.29, 0.717) is 11.1 Å². The van der Waals surface area contributed by atoms with Crippen LogP contribution in [-0.2, 0) is 14.2 Å². The van der Waals surface area contributed by atoms with Crippen molar-refractivity contribution < 1.29 is 23.8 Å². The molecule has 0 N–H and O–H groups in total. The van der Waals surface area contributed by atoms with Crippen LogP contribution in [0.5, 0.6) is 0 Å². The third-order valence-electron chi connectivity index (χ3n) is 2.11. The van der Waals surface area contributed by atoms with Crippen molar-refractivity contribution in [3.05, 3.63) is 35.4 Å². The molecule has 0 atom stereocenters. The highest BCUT2D eigenvalue weighted by Gasteiger charge is 2.13. The quantitative estimate of drug-likeness (QED) is 0.497. The fourth-order valence-corrected chi connectivity index (χ4v) is 1.18. The Labute approximate surface area is 98.3 Å². The summed E-state index contributed by atoms with van der Waals surface area (Å²) >= 11 is 0. The van der Waals surface area contributed by atoms with Crippen LogP contribution in [0.4, 0.5) is 0 Å². The molecule has 1 saturated heterocycles.